The van der Waals surface area contributed by atoms with E-state index in [-0.39, 0.29) is 18.1 Å². The van der Waals surface area contributed by atoms with Crippen molar-refractivity contribution >= 4 is 30.5 Å². The number of rotatable bonds is 6. The largest absolute Gasteiger partial charge is 0.388 e. The van der Waals surface area contributed by atoms with Gasteiger partial charge in [0.1, 0.15) is 18.7 Å². The van der Waals surface area contributed by atoms with Gasteiger partial charge in [0.05, 0.1) is 6.33 Å². The van der Waals surface area contributed by atoms with Crippen molar-refractivity contribution in [3.8, 4) is 0 Å². The van der Waals surface area contributed by atoms with Crippen molar-refractivity contribution in [3.63, 3.8) is 0 Å². The molecule has 0 radical (unpaired) electrons. The molecule has 1 aliphatic heterocycles. The molecule has 30 heavy (non-hydrogen) atoms. The Morgan fingerprint density at radius 2 is 2.03 bits per heavy atom. The van der Waals surface area contributed by atoms with E-state index in [2.05, 4.69) is 20.3 Å². The minimum atomic E-state index is -4.40. The van der Waals surface area contributed by atoms with Crippen LogP contribution in [-0.2, 0) is 14.0 Å². The molecule has 1 amide bonds. The predicted molar refractivity (Wildman–Crippen MR) is 102 cm³/mol. The Hall–Kier alpha value is -2.73. The highest BCUT2D eigenvalue weighted by Crippen LogP contribution is 2.38. The van der Waals surface area contributed by atoms with Crippen molar-refractivity contribution in [2.45, 2.75) is 25.0 Å². The van der Waals surface area contributed by atoms with Gasteiger partial charge in [-0.2, -0.15) is 0 Å². The van der Waals surface area contributed by atoms with Gasteiger partial charge in [0.2, 0.25) is 0 Å². The van der Waals surface area contributed by atoms with Crippen LogP contribution in [0.3, 0.4) is 0 Å². The molecule has 158 valence electrons. The van der Waals surface area contributed by atoms with Crippen LogP contribution in [0.1, 0.15) is 23.0 Å². The number of imidazole rings is 1. The maximum atomic E-state index is 12.4. The maximum Gasteiger partial charge on any atom is 0.351 e. The number of hydrogen-bond donors (Lipinski definition) is 4. The number of amides is 1. The number of aliphatic hydroxyl groups is 1. The van der Waals surface area contributed by atoms with Crippen LogP contribution in [-0.4, -0.2) is 59.1 Å². The molecular formula is C17H18N5O7P. The molecule has 13 heteroatoms. The van der Waals surface area contributed by atoms with Gasteiger partial charge in [0, 0.05) is 12.0 Å². The van der Waals surface area contributed by atoms with Crippen LogP contribution in [0.2, 0.25) is 0 Å². The van der Waals surface area contributed by atoms with Crippen LogP contribution in [0.4, 0.5) is 5.82 Å². The van der Waals surface area contributed by atoms with Gasteiger partial charge in [-0.05, 0) is 12.1 Å². The lowest BCUT2D eigenvalue weighted by Crippen LogP contribution is -2.24. The normalized spacial score (nSPS) is 21.8. The van der Waals surface area contributed by atoms with Gasteiger partial charge in [-0.25, -0.2) is 15.0 Å². The number of benzene rings is 1. The molecule has 3 aromatic rings. The Morgan fingerprint density at radius 3 is 2.77 bits per heavy atom. The van der Waals surface area contributed by atoms with Crippen LogP contribution in [0.15, 0.2) is 43.0 Å². The summed E-state index contributed by atoms with van der Waals surface area (Å²) in [5.41, 5.74) is 1.12. The molecule has 12 nitrogen and oxygen atoms in total. The minimum absolute atomic E-state index is 0.0903. The number of ether oxygens (including phenoxy) is 2. The van der Waals surface area contributed by atoms with E-state index < -0.39 is 32.6 Å². The van der Waals surface area contributed by atoms with Crippen LogP contribution in [0, 0.1) is 0 Å². The van der Waals surface area contributed by atoms with E-state index in [1.807, 2.05) is 0 Å². The van der Waals surface area contributed by atoms with Gasteiger partial charge >= 0.3 is 7.60 Å². The molecule has 3 heterocycles. The first kappa shape index (κ1) is 20.5. The Balaban J connectivity index is 1.54. The first-order valence-corrected chi connectivity index (χ1v) is 10.7. The van der Waals surface area contributed by atoms with E-state index in [1.54, 1.807) is 30.3 Å². The number of nitrogens with one attached hydrogen (secondary N) is 1. The fourth-order valence-corrected chi connectivity index (χ4v) is 3.38. The van der Waals surface area contributed by atoms with E-state index in [0.29, 0.717) is 16.7 Å². The summed E-state index contributed by atoms with van der Waals surface area (Å²) in [4.78, 5) is 42.8. The third kappa shape index (κ3) is 4.38. The van der Waals surface area contributed by atoms with Gasteiger partial charge in [-0.3, -0.25) is 13.9 Å². The van der Waals surface area contributed by atoms with Crippen molar-refractivity contribution in [2.75, 3.05) is 11.7 Å². The van der Waals surface area contributed by atoms with E-state index in [1.165, 1.54) is 17.2 Å². The second kappa shape index (κ2) is 8.19. The molecule has 3 atom stereocenters. The molecule has 0 saturated carbocycles. The molecule has 1 saturated heterocycles. The molecule has 0 aliphatic carbocycles. The van der Waals surface area contributed by atoms with Gasteiger partial charge in [-0.15, -0.1) is 0 Å². The topological polar surface area (TPSA) is 169 Å². The molecule has 4 N–H and O–H groups in total. The molecule has 0 spiro atoms. The smallest absolute Gasteiger partial charge is 0.351 e. The summed E-state index contributed by atoms with van der Waals surface area (Å²) in [6, 6.07) is 8.61. The van der Waals surface area contributed by atoms with E-state index in [9.17, 15) is 14.5 Å². The minimum Gasteiger partial charge on any atom is -0.388 e. The number of fused-ring (bicyclic) bond motifs is 1. The summed E-state index contributed by atoms with van der Waals surface area (Å²) in [5.74, 6) is -0.149. The van der Waals surface area contributed by atoms with Crippen molar-refractivity contribution in [1.29, 1.82) is 0 Å². The first-order valence-electron chi connectivity index (χ1n) is 8.85. The lowest BCUT2D eigenvalue weighted by molar-refractivity contribution is -0.167. The van der Waals surface area contributed by atoms with E-state index in [4.69, 9.17) is 19.3 Å². The predicted octanol–water partition coefficient (Wildman–Crippen LogP) is 0.836. The van der Waals surface area contributed by atoms with Crippen LogP contribution in [0.5, 0.6) is 0 Å². The number of carbonyl (C=O) groups excluding carboxylic acids is 1. The monoisotopic (exact) mass is 435 g/mol. The molecule has 1 fully saturated rings. The molecule has 2 aromatic heterocycles. The van der Waals surface area contributed by atoms with Crippen LogP contribution < -0.4 is 5.32 Å². The summed E-state index contributed by atoms with van der Waals surface area (Å²) >= 11 is 0. The zero-order chi connectivity index (χ0) is 21.3. The fraction of sp³-hybridized carbons (Fsp3) is 0.294. The quantitative estimate of drug-likeness (QED) is 0.407. The Morgan fingerprint density at radius 1 is 1.27 bits per heavy atom. The highest BCUT2D eigenvalue weighted by Gasteiger charge is 2.37. The second-order valence-electron chi connectivity index (χ2n) is 6.59. The molecule has 1 aromatic carbocycles. The summed E-state index contributed by atoms with van der Waals surface area (Å²) < 4.78 is 23.1. The van der Waals surface area contributed by atoms with Crippen LogP contribution >= 0.6 is 7.60 Å². The maximum absolute atomic E-state index is 12.4. The van der Waals surface area contributed by atoms with Crippen molar-refractivity contribution in [2.24, 2.45) is 0 Å². The van der Waals surface area contributed by atoms with Crippen molar-refractivity contribution < 1.29 is 33.7 Å². The molecular weight excluding hydrogens is 417 g/mol. The molecule has 0 bridgehead atoms. The third-order valence-corrected chi connectivity index (χ3v) is 4.88. The van der Waals surface area contributed by atoms with E-state index in [0.717, 1.165) is 0 Å². The average Bonchev–Trinajstić information content (AvgIpc) is 3.30. The highest BCUT2D eigenvalue weighted by molar-refractivity contribution is 7.51. The Labute approximate surface area is 169 Å². The second-order valence-corrected chi connectivity index (χ2v) is 8.18. The average molecular weight is 435 g/mol. The van der Waals surface area contributed by atoms with Crippen molar-refractivity contribution in [3.05, 3.63) is 48.5 Å². The summed E-state index contributed by atoms with van der Waals surface area (Å²) in [7, 11) is -4.40. The number of aliphatic hydroxyl groups excluding tert-OH is 1. The zero-order valence-electron chi connectivity index (χ0n) is 15.4. The zero-order valence-corrected chi connectivity index (χ0v) is 16.3. The van der Waals surface area contributed by atoms with E-state index >= 15 is 0 Å². The van der Waals surface area contributed by atoms with Crippen molar-refractivity contribution in [1.82, 2.24) is 19.5 Å². The summed E-state index contributed by atoms with van der Waals surface area (Å²) in [5, 5.41) is 12.8. The van der Waals surface area contributed by atoms with Crippen LogP contribution in [0.25, 0.3) is 11.2 Å². The fourth-order valence-electron chi connectivity index (χ4n) is 3.04. The standard InChI is InChI=1S/C17H18N5O7P/c23-11-6-12(29-17(11)28-9-30(25,26)27)22-8-20-13-14(18-7-19-15(13)22)21-16(24)10-4-2-1-3-5-10/h1-5,7-8,11-12,17,23H,6,9H2,(H2,25,26,27)(H,18,19,21,24)/t11-,12+,17-/m0/s1. The highest BCUT2D eigenvalue weighted by atomic mass is 31.2. The van der Waals surface area contributed by atoms with Gasteiger partial charge in [0.25, 0.3) is 5.91 Å². The number of hydrogen-bond acceptors (Lipinski definition) is 8. The Bertz CT molecular complexity index is 1100. The molecule has 1 aliphatic rings. The summed E-state index contributed by atoms with van der Waals surface area (Å²) in [6.45, 7) is 0. The SMILES string of the molecule is O=C(Nc1ncnc2c1ncn2[C@H]1C[C@H](O)[C@@H](OCP(=O)(O)O)O1)c1ccccc1. The lowest BCUT2D eigenvalue weighted by Gasteiger charge is -2.16. The number of nitrogens with zero attached hydrogens (tertiary/aromatic N) is 4. The number of carbonyl (C=O) groups is 1. The first-order chi connectivity index (χ1) is 14.3. The molecule has 0 unspecified atom stereocenters. The third-order valence-electron chi connectivity index (χ3n) is 4.39. The summed E-state index contributed by atoms with van der Waals surface area (Å²) in [6.07, 6.45) is -1.15. The molecule has 4 rings (SSSR count). The van der Waals surface area contributed by atoms with Gasteiger partial charge in [-0.1, -0.05) is 18.2 Å². The number of anilines is 1. The van der Waals surface area contributed by atoms with Gasteiger partial charge < -0.3 is 29.7 Å². The number of aromatic nitrogens is 4. The Kier molecular flexibility index (Phi) is 5.60. The lowest BCUT2D eigenvalue weighted by atomic mass is 10.2. The van der Waals surface area contributed by atoms with Gasteiger partial charge in [0.15, 0.2) is 29.6 Å².